The summed E-state index contributed by atoms with van der Waals surface area (Å²) in [4.78, 5) is 74.3. The second-order valence-electron chi connectivity index (χ2n) is 12.5. The molecule has 1 aromatic rings. The number of nitrogens with one attached hydrogen (secondary N) is 4. The van der Waals surface area contributed by atoms with Crippen LogP contribution in [0.4, 0.5) is 0 Å². The second kappa shape index (κ2) is 18.0. The van der Waals surface area contributed by atoms with E-state index in [0.29, 0.717) is 36.5 Å². The summed E-state index contributed by atoms with van der Waals surface area (Å²) in [5.74, 6) is -1.64. The Morgan fingerprint density at radius 2 is 1.33 bits per heavy atom. The molecule has 1 heterocycles. The molecule has 0 atom stereocenters. The highest BCUT2D eigenvalue weighted by atomic mass is 16.5. The van der Waals surface area contributed by atoms with E-state index in [1.54, 1.807) is 26.0 Å². The lowest BCUT2D eigenvalue weighted by molar-refractivity contribution is -0.137. The van der Waals surface area contributed by atoms with Gasteiger partial charge in [-0.1, -0.05) is 27.7 Å². The van der Waals surface area contributed by atoms with Crippen molar-refractivity contribution >= 4 is 35.4 Å². The van der Waals surface area contributed by atoms with Gasteiger partial charge in [-0.05, 0) is 44.9 Å². The van der Waals surface area contributed by atoms with Crippen LogP contribution in [-0.2, 0) is 23.9 Å². The Bertz CT molecular complexity index is 1230. The number of nitrogens with zero attached hydrogens (tertiary/aromatic N) is 1. The van der Waals surface area contributed by atoms with Crippen molar-refractivity contribution in [3.8, 4) is 5.75 Å². The van der Waals surface area contributed by atoms with Gasteiger partial charge >= 0.3 is 0 Å². The van der Waals surface area contributed by atoms with Gasteiger partial charge in [0.1, 0.15) is 12.4 Å². The number of hydrogen-bond donors (Lipinski definition) is 4. The Labute approximate surface area is 271 Å². The van der Waals surface area contributed by atoms with Crippen LogP contribution >= 0.6 is 0 Å². The summed E-state index contributed by atoms with van der Waals surface area (Å²) >= 11 is 0. The fourth-order valence-corrected chi connectivity index (χ4v) is 4.22. The van der Waals surface area contributed by atoms with Gasteiger partial charge in [0, 0.05) is 61.3 Å². The van der Waals surface area contributed by atoms with Gasteiger partial charge in [-0.15, -0.1) is 0 Å². The van der Waals surface area contributed by atoms with Crippen LogP contribution in [0, 0.1) is 5.41 Å². The molecule has 0 fully saturated rings. The molecule has 0 aromatic heterocycles. The topological polar surface area (TPSA) is 172 Å². The minimum Gasteiger partial charge on any atom is -0.492 e. The van der Waals surface area contributed by atoms with E-state index in [2.05, 4.69) is 21.3 Å². The molecule has 0 unspecified atom stereocenters. The van der Waals surface area contributed by atoms with E-state index in [1.165, 1.54) is 18.2 Å². The van der Waals surface area contributed by atoms with Crippen LogP contribution in [0.2, 0.25) is 0 Å². The van der Waals surface area contributed by atoms with Gasteiger partial charge in [-0.2, -0.15) is 0 Å². The van der Waals surface area contributed by atoms with Crippen molar-refractivity contribution in [1.29, 1.82) is 0 Å². The van der Waals surface area contributed by atoms with E-state index in [-0.39, 0.29) is 62.8 Å². The molecule has 254 valence electrons. The first kappa shape index (κ1) is 37.9. The molecule has 2 rings (SSSR count). The van der Waals surface area contributed by atoms with Gasteiger partial charge in [0.05, 0.1) is 25.2 Å². The monoisotopic (exact) mass is 643 g/mol. The fraction of sp³-hybridized carbons (Fsp3) is 0.576. The lowest BCUT2D eigenvalue weighted by Crippen LogP contribution is -2.42. The smallest absolute Gasteiger partial charge is 0.253 e. The lowest BCUT2D eigenvalue weighted by atomic mass is 9.94. The first-order valence-corrected chi connectivity index (χ1v) is 15.7. The van der Waals surface area contributed by atoms with Crippen LogP contribution < -0.4 is 26.0 Å². The summed E-state index contributed by atoms with van der Waals surface area (Å²) in [6.45, 7) is 13.2. The van der Waals surface area contributed by atoms with Crippen LogP contribution in [0.15, 0.2) is 30.4 Å². The molecular weight excluding hydrogens is 594 g/mol. The molecule has 0 saturated carbocycles. The Morgan fingerprint density at radius 1 is 0.761 bits per heavy atom. The number of rotatable bonds is 20. The average molecular weight is 644 g/mol. The van der Waals surface area contributed by atoms with Gasteiger partial charge in [-0.25, -0.2) is 0 Å². The molecule has 0 saturated heterocycles. The third-order valence-corrected chi connectivity index (χ3v) is 6.86. The number of hydrogen-bond acceptors (Lipinski definition) is 8. The molecule has 1 aromatic carbocycles. The molecule has 13 heteroatoms. The molecule has 1 aliphatic rings. The maximum absolute atomic E-state index is 12.7. The number of imide groups is 1. The van der Waals surface area contributed by atoms with Gasteiger partial charge in [0.25, 0.3) is 23.6 Å². The van der Waals surface area contributed by atoms with Crippen molar-refractivity contribution < 1.29 is 38.2 Å². The highest BCUT2D eigenvalue weighted by Crippen LogP contribution is 2.22. The van der Waals surface area contributed by atoms with Crippen molar-refractivity contribution in [2.45, 2.75) is 72.8 Å². The van der Waals surface area contributed by atoms with Crippen molar-refractivity contribution in [3.05, 3.63) is 41.5 Å². The van der Waals surface area contributed by atoms with Crippen molar-refractivity contribution in [2.24, 2.45) is 5.41 Å². The molecule has 4 N–H and O–H groups in total. The van der Waals surface area contributed by atoms with Gasteiger partial charge < -0.3 is 30.7 Å². The lowest BCUT2D eigenvalue weighted by Gasteiger charge is -2.32. The Hall–Kier alpha value is -4.26. The van der Waals surface area contributed by atoms with E-state index in [1.807, 2.05) is 27.7 Å². The SMILES string of the molecule is CCCNC(=O)c1cc(OCCNC(=O)CC(C)(C)OCC(C)(C)CNC(=O)CCN2C(=O)C=CC2=O)cc(C(=O)NCCC)c1. The highest BCUT2D eigenvalue weighted by Gasteiger charge is 2.28. The molecule has 0 aliphatic carbocycles. The Balaban J connectivity index is 1.79. The fourth-order valence-electron chi connectivity index (χ4n) is 4.22. The van der Waals surface area contributed by atoms with Crippen LogP contribution in [0.25, 0.3) is 0 Å². The maximum Gasteiger partial charge on any atom is 0.253 e. The highest BCUT2D eigenvalue weighted by molar-refractivity contribution is 6.13. The normalized spacial score (nSPS) is 13.0. The molecular formula is C33H49N5O8. The summed E-state index contributed by atoms with van der Waals surface area (Å²) in [6.07, 6.45) is 3.99. The predicted molar refractivity (Wildman–Crippen MR) is 172 cm³/mol. The summed E-state index contributed by atoms with van der Waals surface area (Å²) < 4.78 is 11.8. The van der Waals surface area contributed by atoms with Crippen molar-refractivity contribution in [2.75, 3.05) is 45.9 Å². The standard InChI is InChI=1S/C33H49N5O8/c1-7-12-35-30(43)23-17-24(31(44)36-13-8-2)19-25(18-23)45-16-14-34-27(40)20-33(5,6)46-22-32(3,4)21-37-26(39)11-15-38-28(41)9-10-29(38)42/h9-10,17-19H,7-8,11-16,20-22H2,1-6H3,(H,34,40)(H,35,43)(H,36,44)(H,37,39). The van der Waals surface area contributed by atoms with E-state index < -0.39 is 22.8 Å². The third kappa shape index (κ3) is 13.4. The number of carbonyl (C=O) groups is 6. The Kier molecular flexibility index (Phi) is 14.9. The number of amides is 6. The number of carbonyl (C=O) groups excluding carboxylic acids is 6. The molecule has 46 heavy (non-hydrogen) atoms. The largest absolute Gasteiger partial charge is 0.492 e. The summed E-state index contributed by atoms with van der Waals surface area (Å²) in [7, 11) is 0. The average Bonchev–Trinajstić information content (AvgIpc) is 3.33. The zero-order chi connectivity index (χ0) is 34.3. The zero-order valence-corrected chi connectivity index (χ0v) is 27.9. The van der Waals surface area contributed by atoms with Crippen molar-refractivity contribution in [1.82, 2.24) is 26.2 Å². The van der Waals surface area contributed by atoms with Gasteiger partial charge in [-0.3, -0.25) is 33.7 Å². The summed E-state index contributed by atoms with van der Waals surface area (Å²) in [5, 5.41) is 11.2. The molecule has 0 bridgehead atoms. The maximum atomic E-state index is 12.7. The second-order valence-corrected chi connectivity index (χ2v) is 12.5. The van der Waals surface area contributed by atoms with E-state index in [0.717, 1.165) is 17.7 Å². The minimum absolute atomic E-state index is 0.000649. The summed E-state index contributed by atoms with van der Waals surface area (Å²) in [5.41, 5.74) is -0.625. The molecule has 1 aliphatic heterocycles. The molecule has 13 nitrogen and oxygen atoms in total. The van der Waals surface area contributed by atoms with Gasteiger partial charge in [0.2, 0.25) is 11.8 Å². The first-order valence-electron chi connectivity index (χ1n) is 15.7. The third-order valence-electron chi connectivity index (χ3n) is 6.86. The van der Waals surface area contributed by atoms with Crippen LogP contribution in [0.5, 0.6) is 5.75 Å². The van der Waals surface area contributed by atoms with E-state index >= 15 is 0 Å². The number of ether oxygens (including phenoxy) is 2. The first-order chi connectivity index (χ1) is 21.7. The minimum atomic E-state index is -0.795. The van der Waals surface area contributed by atoms with E-state index in [9.17, 15) is 28.8 Å². The Morgan fingerprint density at radius 3 is 1.87 bits per heavy atom. The van der Waals surface area contributed by atoms with Gasteiger partial charge in [0.15, 0.2) is 0 Å². The summed E-state index contributed by atoms with van der Waals surface area (Å²) in [6, 6.07) is 4.66. The van der Waals surface area contributed by atoms with Crippen LogP contribution in [-0.4, -0.2) is 91.9 Å². The zero-order valence-electron chi connectivity index (χ0n) is 27.9. The molecule has 6 amide bonds. The molecule has 0 radical (unpaired) electrons. The number of benzene rings is 1. The van der Waals surface area contributed by atoms with Crippen LogP contribution in [0.3, 0.4) is 0 Å². The van der Waals surface area contributed by atoms with Crippen LogP contribution in [0.1, 0.15) is 87.9 Å². The predicted octanol–water partition coefficient (Wildman–Crippen LogP) is 2.10. The quantitative estimate of drug-likeness (QED) is 0.124. The van der Waals surface area contributed by atoms with E-state index in [4.69, 9.17) is 9.47 Å². The molecule has 0 spiro atoms. The van der Waals surface area contributed by atoms with Crippen molar-refractivity contribution in [3.63, 3.8) is 0 Å².